The molecule has 6 nitrogen and oxygen atoms in total. The molecule has 3 rings (SSSR count). The van der Waals surface area contributed by atoms with Crippen LogP contribution in [-0.2, 0) is 4.79 Å². The molecule has 0 bridgehead atoms. The van der Waals surface area contributed by atoms with Crippen LogP contribution in [0.2, 0.25) is 0 Å². The molecule has 0 spiro atoms. The Morgan fingerprint density at radius 3 is 2.61 bits per heavy atom. The molecule has 1 heterocycles. The van der Waals surface area contributed by atoms with E-state index in [0.717, 1.165) is 15.2 Å². The minimum Gasteiger partial charge on any atom is -0.323 e. The van der Waals surface area contributed by atoms with Crippen LogP contribution in [-0.4, -0.2) is 15.8 Å². The molecular formula is C16H11N3O3S. The molecule has 3 aromatic rings. The van der Waals surface area contributed by atoms with Gasteiger partial charge in [0.1, 0.15) is 5.01 Å². The molecule has 23 heavy (non-hydrogen) atoms. The SMILES string of the molecule is O=C(/C=C/c1nc2ccccc2s1)Nc1ccc([N+](=O)[O-])cc1. The molecule has 0 aliphatic carbocycles. The van der Waals surface area contributed by atoms with Gasteiger partial charge < -0.3 is 5.32 Å². The van der Waals surface area contributed by atoms with Crippen molar-refractivity contribution in [2.45, 2.75) is 0 Å². The standard InChI is InChI=1S/C16H11N3O3S/c20-15(17-11-5-7-12(8-6-11)19(21)22)9-10-16-18-13-3-1-2-4-14(13)23-16/h1-10H,(H,17,20)/b10-9+. The first kappa shape index (κ1) is 14.9. The Hall–Kier alpha value is -3.06. The van der Waals surface area contributed by atoms with Crippen molar-refractivity contribution in [2.75, 3.05) is 5.32 Å². The molecule has 0 saturated carbocycles. The molecule has 1 amide bonds. The molecule has 0 saturated heterocycles. The van der Waals surface area contributed by atoms with E-state index >= 15 is 0 Å². The minimum atomic E-state index is -0.487. The summed E-state index contributed by atoms with van der Waals surface area (Å²) in [7, 11) is 0. The molecule has 0 aliphatic heterocycles. The first-order valence-electron chi connectivity index (χ1n) is 6.71. The number of amides is 1. The van der Waals surface area contributed by atoms with Crippen LogP contribution < -0.4 is 5.32 Å². The molecule has 114 valence electrons. The maximum absolute atomic E-state index is 11.9. The summed E-state index contributed by atoms with van der Waals surface area (Å²) in [5.41, 5.74) is 1.37. The third kappa shape index (κ3) is 3.58. The van der Waals surface area contributed by atoms with Crippen molar-refractivity contribution < 1.29 is 9.72 Å². The number of hydrogen-bond acceptors (Lipinski definition) is 5. The second kappa shape index (κ2) is 6.37. The Bertz CT molecular complexity index is 867. The zero-order valence-corrected chi connectivity index (χ0v) is 12.6. The van der Waals surface area contributed by atoms with Crippen molar-refractivity contribution in [3.63, 3.8) is 0 Å². The minimum absolute atomic E-state index is 0.0204. The molecule has 1 aromatic heterocycles. The number of benzene rings is 2. The maximum atomic E-state index is 11.9. The zero-order chi connectivity index (χ0) is 16.2. The molecule has 0 unspecified atom stereocenters. The fourth-order valence-electron chi connectivity index (χ4n) is 1.96. The molecular weight excluding hydrogens is 314 g/mol. The molecule has 0 aliphatic rings. The van der Waals surface area contributed by atoms with Crippen molar-refractivity contribution in [3.05, 3.63) is 69.7 Å². The van der Waals surface area contributed by atoms with Crippen LogP contribution in [0.15, 0.2) is 54.6 Å². The molecule has 7 heteroatoms. The molecule has 0 radical (unpaired) electrons. The number of nitrogens with one attached hydrogen (secondary N) is 1. The summed E-state index contributed by atoms with van der Waals surface area (Å²) < 4.78 is 1.06. The summed E-state index contributed by atoms with van der Waals surface area (Å²) in [6.07, 6.45) is 3.03. The lowest BCUT2D eigenvalue weighted by atomic mass is 10.3. The van der Waals surface area contributed by atoms with E-state index in [1.165, 1.54) is 41.7 Å². The average molecular weight is 325 g/mol. The van der Waals surface area contributed by atoms with Crippen molar-refractivity contribution >= 4 is 44.9 Å². The number of fused-ring (bicyclic) bond motifs is 1. The number of hydrogen-bond donors (Lipinski definition) is 1. The van der Waals surface area contributed by atoms with Crippen molar-refractivity contribution in [2.24, 2.45) is 0 Å². The van der Waals surface area contributed by atoms with Gasteiger partial charge in [-0.25, -0.2) is 4.98 Å². The van der Waals surface area contributed by atoms with Gasteiger partial charge in [0.05, 0.1) is 15.1 Å². The Morgan fingerprint density at radius 2 is 1.91 bits per heavy atom. The Labute approximate surface area is 135 Å². The van der Waals surface area contributed by atoms with Gasteiger partial charge in [0, 0.05) is 23.9 Å². The van der Waals surface area contributed by atoms with Crippen molar-refractivity contribution in [3.8, 4) is 0 Å². The van der Waals surface area contributed by atoms with Gasteiger partial charge in [0.15, 0.2) is 0 Å². The number of aromatic nitrogens is 1. The van der Waals surface area contributed by atoms with Crippen LogP contribution in [0.3, 0.4) is 0 Å². The lowest BCUT2D eigenvalue weighted by Crippen LogP contribution is -2.07. The van der Waals surface area contributed by atoms with E-state index in [-0.39, 0.29) is 11.6 Å². The van der Waals surface area contributed by atoms with E-state index in [9.17, 15) is 14.9 Å². The fourth-order valence-corrected chi connectivity index (χ4v) is 2.83. The number of rotatable bonds is 4. The number of thiazole rings is 1. The van der Waals surface area contributed by atoms with Crippen LogP contribution in [0.1, 0.15) is 5.01 Å². The van der Waals surface area contributed by atoms with Crippen LogP contribution >= 0.6 is 11.3 Å². The third-order valence-corrected chi connectivity index (χ3v) is 4.04. The largest absolute Gasteiger partial charge is 0.323 e. The zero-order valence-electron chi connectivity index (χ0n) is 11.8. The maximum Gasteiger partial charge on any atom is 0.269 e. The summed E-state index contributed by atoms with van der Waals surface area (Å²) in [6.45, 7) is 0. The highest BCUT2D eigenvalue weighted by atomic mass is 32.1. The average Bonchev–Trinajstić information content (AvgIpc) is 2.96. The summed E-state index contributed by atoms with van der Waals surface area (Å²) in [6, 6.07) is 13.4. The van der Waals surface area contributed by atoms with E-state index in [1.54, 1.807) is 6.08 Å². The Kier molecular flexibility index (Phi) is 4.11. The predicted octanol–water partition coefficient (Wildman–Crippen LogP) is 3.86. The van der Waals surface area contributed by atoms with Gasteiger partial charge in [0.25, 0.3) is 5.69 Å². The molecule has 0 fully saturated rings. The summed E-state index contributed by atoms with van der Waals surface area (Å²) >= 11 is 1.50. The number of non-ortho nitro benzene ring substituents is 1. The highest BCUT2D eigenvalue weighted by molar-refractivity contribution is 7.19. The van der Waals surface area contributed by atoms with E-state index < -0.39 is 4.92 Å². The van der Waals surface area contributed by atoms with Gasteiger partial charge in [-0.3, -0.25) is 14.9 Å². The first-order chi connectivity index (χ1) is 11.1. The van der Waals surface area contributed by atoms with E-state index in [1.807, 2.05) is 24.3 Å². The smallest absolute Gasteiger partial charge is 0.269 e. The quantitative estimate of drug-likeness (QED) is 0.448. The lowest BCUT2D eigenvalue weighted by Gasteiger charge is -2.00. The van der Waals surface area contributed by atoms with Crippen LogP contribution in [0.5, 0.6) is 0 Å². The summed E-state index contributed by atoms with van der Waals surface area (Å²) in [4.78, 5) is 26.3. The number of nitro groups is 1. The van der Waals surface area contributed by atoms with Gasteiger partial charge in [-0.05, 0) is 30.3 Å². The van der Waals surface area contributed by atoms with Gasteiger partial charge in [-0.2, -0.15) is 0 Å². The molecule has 2 aromatic carbocycles. The van der Waals surface area contributed by atoms with Crippen LogP contribution in [0.4, 0.5) is 11.4 Å². The lowest BCUT2D eigenvalue weighted by molar-refractivity contribution is -0.384. The first-order valence-corrected chi connectivity index (χ1v) is 7.52. The summed E-state index contributed by atoms with van der Waals surface area (Å²) in [5, 5.41) is 14.0. The fraction of sp³-hybridized carbons (Fsp3) is 0. The van der Waals surface area contributed by atoms with Crippen molar-refractivity contribution in [1.82, 2.24) is 4.98 Å². The number of para-hydroxylation sites is 1. The van der Waals surface area contributed by atoms with Gasteiger partial charge in [-0.1, -0.05) is 12.1 Å². The number of carbonyl (C=O) groups is 1. The molecule has 0 atom stereocenters. The van der Waals surface area contributed by atoms with E-state index in [2.05, 4.69) is 10.3 Å². The normalized spacial score (nSPS) is 11.0. The number of anilines is 1. The van der Waals surface area contributed by atoms with Crippen LogP contribution in [0.25, 0.3) is 16.3 Å². The van der Waals surface area contributed by atoms with Gasteiger partial charge in [0.2, 0.25) is 5.91 Å². The Balaban J connectivity index is 1.67. The molecule has 1 N–H and O–H groups in total. The Morgan fingerprint density at radius 1 is 1.17 bits per heavy atom. The summed E-state index contributed by atoms with van der Waals surface area (Å²) in [5.74, 6) is -0.321. The van der Waals surface area contributed by atoms with Crippen LogP contribution in [0, 0.1) is 10.1 Å². The number of nitro benzene ring substituents is 1. The monoisotopic (exact) mass is 325 g/mol. The third-order valence-electron chi connectivity index (χ3n) is 3.03. The van der Waals surface area contributed by atoms with E-state index in [4.69, 9.17) is 0 Å². The predicted molar refractivity (Wildman–Crippen MR) is 90.4 cm³/mol. The van der Waals surface area contributed by atoms with Gasteiger partial charge in [-0.15, -0.1) is 11.3 Å². The topological polar surface area (TPSA) is 85.1 Å². The second-order valence-electron chi connectivity index (χ2n) is 4.65. The number of carbonyl (C=O) groups excluding carboxylic acids is 1. The van der Waals surface area contributed by atoms with Crippen molar-refractivity contribution in [1.29, 1.82) is 0 Å². The van der Waals surface area contributed by atoms with E-state index in [0.29, 0.717) is 5.69 Å². The van der Waals surface area contributed by atoms with Gasteiger partial charge >= 0.3 is 0 Å². The second-order valence-corrected chi connectivity index (χ2v) is 5.71. The number of nitrogens with zero attached hydrogens (tertiary/aromatic N) is 2. The highest BCUT2D eigenvalue weighted by Crippen LogP contribution is 2.22. The highest BCUT2D eigenvalue weighted by Gasteiger charge is 2.05.